The minimum Gasteiger partial charge on any atom is -0.497 e. The van der Waals surface area contributed by atoms with Crippen LogP contribution in [0.15, 0.2) is 53.7 Å². The number of nitrogens with one attached hydrogen (secondary N) is 1. The Balaban J connectivity index is 1.78. The van der Waals surface area contributed by atoms with Crippen LogP contribution in [0.5, 0.6) is 11.5 Å². The van der Waals surface area contributed by atoms with Crippen molar-refractivity contribution in [2.45, 2.75) is 37.3 Å². The highest BCUT2D eigenvalue weighted by Crippen LogP contribution is 2.47. The Kier molecular flexibility index (Phi) is 5.71. The summed E-state index contributed by atoms with van der Waals surface area (Å²) in [5, 5.41) is 2.74. The maximum absolute atomic E-state index is 13.6. The predicted octanol–water partition coefficient (Wildman–Crippen LogP) is 4.73. The minimum atomic E-state index is -4.58. The summed E-state index contributed by atoms with van der Waals surface area (Å²) >= 11 is 0. The van der Waals surface area contributed by atoms with E-state index >= 15 is 0 Å². The molecule has 2 atom stereocenters. The first-order valence-electron chi connectivity index (χ1n) is 10.2. The van der Waals surface area contributed by atoms with Gasteiger partial charge in [-0.1, -0.05) is 18.2 Å². The molecule has 2 aliphatic rings. The molecule has 2 aromatic rings. The highest BCUT2D eigenvalue weighted by atomic mass is 19.4. The standard InChI is InChI=1S/C24H22F3NO4/c1-31-14-7-8-21(32-2)16(11-14)13-9-19-23(20(29)10-13)17(12-22(30)28-19)15-5-3-4-6-18(15)24(25,26)27/h3-8,11,13,17H,9-10,12H2,1-2H3,(H,28,30). The van der Waals surface area contributed by atoms with E-state index in [1.165, 1.54) is 32.4 Å². The van der Waals surface area contributed by atoms with Gasteiger partial charge in [0.15, 0.2) is 5.78 Å². The average molecular weight is 445 g/mol. The molecule has 1 aliphatic heterocycles. The van der Waals surface area contributed by atoms with Gasteiger partial charge in [-0.05, 0) is 36.2 Å². The molecule has 0 spiro atoms. The zero-order valence-corrected chi connectivity index (χ0v) is 17.6. The molecule has 8 heteroatoms. The summed E-state index contributed by atoms with van der Waals surface area (Å²) < 4.78 is 51.6. The molecule has 0 fully saturated rings. The summed E-state index contributed by atoms with van der Waals surface area (Å²) in [6.45, 7) is 0. The third-order valence-corrected chi connectivity index (χ3v) is 6.05. The molecule has 1 aliphatic carbocycles. The molecule has 32 heavy (non-hydrogen) atoms. The number of benzene rings is 2. The lowest BCUT2D eigenvalue weighted by atomic mass is 9.72. The number of alkyl halides is 3. The van der Waals surface area contributed by atoms with Crippen LogP contribution in [0.3, 0.4) is 0 Å². The molecule has 0 radical (unpaired) electrons. The van der Waals surface area contributed by atoms with Gasteiger partial charge in [0.05, 0.1) is 19.8 Å². The number of allylic oxidation sites excluding steroid dienone is 2. The van der Waals surface area contributed by atoms with E-state index in [1.54, 1.807) is 18.2 Å². The Morgan fingerprint density at radius 2 is 1.69 bits per heavy atom. The number of carbonyl (C=O) groups is 2. The number of halogens is 3. The highest BCUT2D eigenvalue weighted by Gasteiger charge is 2.42. The van der Waals surface area contributed by atoms with E-state index in [2.05, 4.69) is 5.32 Å². The van der Waals surface area contributed by atoms with E-state index in [9.17, 15) is 22.8 Å². The van der Waals surface area contributed by atoms with Gasteiger partial charge in [-0.25, -0.2) is 0 Å². The van der Waals surface area contributed by atoms with Gasteiger partial charge in [0.1, 0.15) is 11.5 Å². The van der Waals surface area contributed by atoms with Crippen molar-refractivity contribution in [3.63, 3.8) is 0 Å². The molecular weight excluding hydrogens is 423 g/mol. The van der Waals surface area contributed by atoms with Crippen LogP contribution < -0.4 is 14.8 Å². The third kappa shape index (κ3) is 3.97. The normalized spacial score (nSPS) is 21.2. The first-order valence-corrected chi connectivity index (χ1v) is 10.2. The Morgan fingerprint density at radius 1 is 0.938 bits per heavy atom. The van der Waals surface area contributed by atoms with Crippen molar-refractivity contribution in [3.8, 4) is 11.5 Å². The maximum atomic E-state index is 13.6. The SMILES string of the molecule is COc1ccc(OC)c(C2CC(=O)C3=C(C2)NC(=O)CC3c2ccccc2C(F)(F)F)c1. The molecule has 5 nitrogen and oxygen atoms in total. The number of carbonyl (C=O) groups excluding carboxylic acids is 2. The monoisotopic (exact) mass is 445 g/mol. The molecule has 2 unspecified atom stereocenters. The lowest BCUT2D eigenvalue weighted by molar-refractivity contribution is -0.138. The van der Waals surface area contributed by atoms with Crippen LogP contribution in [0.2, 0.25) is 0 Å². The second kappa shape index (κ2) is 8.33. The largest absolute Gasteiger partial charge is 0.497 e. The van der Waals surface area contributed by atoms with Crippen molar-refractivity contribution in [1.82, 2.24) is 5.32 Å². The number of hydrogen-bond acceptors (Lipinski definition) is 4. The Morgan fingerprint density at radius 3 is 2.38 bits per heavy atom. The number of hydrogen-bond donors (Lipinski definition) is 1. The van der Waals surface area contributed by atoms with Crippen LogP contribution in [0.4, 0.5) is 13.2 Å². The summed E-state index contributed by atoms with van der Waals surface area (Å²) in [4.78, 5) is 25.7. The fourth-order valence-electron chi connectivity index (χ4n) is 4.66. The Bertz CT molecular complexity index is 1110. The first-order chi connectivity index (χ1) is 15.2. The molecule has 1 N–H and O–H groups in total. The van der Waals surface area contributed by atoms with Gasteiger partial charge in [0.25, 0.3) is 0 Å². The second-order valence-corrected chi connectivity index (χ2v) is 7.92. The van der Waals surface area contributed by atoms with Crippen molar-refractivity contribution >= 4 is 11.7 Å². The number of amides is 1. The fourth-order valence-corrected chi connectivity index (χ4v) is 4.66. The van der Waals surface area contributed by atoms with Crippen molar-refractivity contribution in [1.29, 1.82) is 0 Å². The van der Waals surface area contributed by atoms with Gasteiger partial charge in [-0.15, -0.1) is 0 Å². The lowest BCUT2D eigenvalue weighted by Gasteiger charge is -2.35. The maximum Gasteiger partial charge on any atom is 0.416 e. The van der Waals surface area contributed by atoms with Gasteiger partial charge in [-0.3, -0.25) is 9.59 Å². The van der Waals surface area contributed by atoms with Crippen LogP contribution in [0, 0.1) is 0 Å². The van der Waals surface area contributed by atoms with Crippen LogP contribution in [-0.4, -0.2) is 25.9 Å². The van der Waals surface area contributed by atoms with E-state index in [1.807, 2.05) is 0 Å². The van der Waals surface area contributed by atoms with E-state index < -0.39 is 23.6 Å². The van der Waals surface area contributed by atoms with E-state index in [-0.39, 0.29) is 35.7 Å². The minimum absolute atomic E-state index is 0.0480. The summed E-state index contributed by atoms with van der Waals surface area (Å²) in [5.74, 6) is -0.744. The summed E-state index contributed by atoms with van der Waals surface area (Å²) in [5.41, 5.74) is 0.525. The van der Waals surface area contributed by atoms with Gasteiger partial charge in [-0.2, -0.15) is 13.2 Å². The van der Waals surface area contributed by atoms with Gasteiger partial charge in [0, 0.05) is 41.5 Å². The van der Waals surface area contributed by atoms with Crippen LogP contribution in [0.25, 0.3) is 0 Å². The van der Waals surface area contributed by atoms with Crippen molar-refractivity contribution in [3.05, 3.63) is 70.4 Å². The quantitative estimate of drug-likeness (QED) is 0.739. The average Bonchev–Trinajstić information content (AvgIpc) is 2.77. The lowest BCUT2D eigenvalue weighted by Crippen LogP contribution is -2.38. The van der Waals surface area contributed by atoms with Crippen molar-refractivity contribution < 1.29 is 32.2 Å². The molecule has 168 valence electrons. The van der Waals surface area contributed by atoms with Crippen molar-refractivity contribution in [2.75, 3.05) is 14.2 Å². The topological polar surface area (TPSA) is 64.6 Å². The molecule has 0 saturated carbocycles. The number of ketones is 1. The summed E-state index contributed by atoms with van der Waals surface area (Å²) in [7, 11) is 3.05. The smallest absolute Gasteiger partial charge is 0.416 e. The van der Waals surface area contributed by atoms with E-state index in [4.69, 9.17) is 9.47 Å². The third-order valence-electron chi connectivity index (χ3n) is 6.05. The Hall–Kier alpha value is -3.29. The molecular formula is C24H22F3NO4. The summed E-state index contributed by atoms with van der Waals surface area (Å²) in [6, 6.07) is 10.4. The predicted molar refractivity (Wildman–Crippen MR) is 110 cm³/mol. The second-order valence-electron chi connectivity index (χ2n) is 7.92. The van der Waals surface area contributed by atoms with Crippen LogP contribution in [0.1, 0.15) is 47.8 Å². The molecule has 0 saturated heterocycles. The number of Topliss-reactive ketones (excluding diaryl/α,β-unsaturated/α-hetero) is 1. The molecule has 1 amide bonds. The molecule has 2 aromatic carbocycles. The van der Waals surface area contributed by atoms with Crippen molar-refractivity contribution in [2.24, 2.45) is 0 Å². The Labute approximate surface area is 183 Å². The molecule has 1 heterocycles. The van der Waals surface area contributed by atoms with Crippen LogP contribution in [-0.2, 0) is 15.8 Å². The van der Waals surface area contributed by atoms with Gasteiger partial charge >= 0.3 is 6.18 Å². The number of ether oxygens (including phenoxy) is 2. The fraction of sp³-hybridized carbons (Fsp3) is 0.333. The zero-order valence-electron chi connectivity index (χ0n) is 17.6. The van der Waals surface area contributed by atoms with Gasteiger partial charge in [0.2, 0.25) is 5.91 Å². The number of methoxy groups -OCH3 is 2. The van der Waals surface area contributed by atoms with Crippen LogP contribution >= 0.6 is 0 Å². The molecule has 0 aromatic heterocycles. The molecule has 0 bridgehead atoms. The zero-order chi connectivity index (χ0) is 23.0. The van der Waals surface area contributed by atoms with E-state index in [0.29, 0.717) is 23.6 Å². The summed E-state index contributed by atoms with van der Waals surface area (Å²) in [6.07, 6.45) is -4.38. The van der Waals surface area contributed by atoms with E-state index in [0.717, 1.165) is 11.6 Å². The first kappa shape index (κ1) is 21.9. The van der Waals surface area contributed by atoms with Gasteiger partial charge < -0.3 is 14.8 Å². The highest BCUT2D eigenvalue weighted by molar-refractivity contribution is 6.02. The molecule has 4 rings (SSSR count). The number of rotatable bonds is 4.